The molecule has 4 heterocycles. The van der Waals surface area contributed by atoms with Crippen LogP contribution in [0.1, 0.15) is 38.0 Å². The van der Waals surface area contributed by atoms with Gasteiger partial charge in [-0.25, -0.2) is 9.29 Å². The van der Waals surface area contributed by atoms with Gasteiger partial charge < -0.3 is 4.90 Å². The van der Waals surface area contributed by atoms with Crippen molar-refractivity contribution in [2.24, 2.45) is 5.92 Å². The minimum atomic E-state index is -0.768. The van der Waals surface area contributed by atoms with E-state index in [0.29, 0.717) is 23.8 Å². The van der Waals surface area contributed by atoms with E-state index in [0.717, 1.165) is 40.4 Å². The van der Waals surface area contributed by atoms with Gasteiger partial charge in [0.2, 0.25) is 17.7 Å². The van der Waals surface area contributed by atoms with Crippen LogP contribution in [0, 0.1) is 11.7 Å². The number of thioether (sulfide) groups is 1. The first-order valence-electron chi connectivity index (χ1n) is 11.0. The molecule has 10 heteroatoms. The molecule has 0 spiro atoms. The van der Waals surface area contributed by atoms with Crippen LogP contribution in [0.3, 0.4) is 0 Å². The van der Waals surface area contributed by atoms with Gasteiger partial charge in [0, 0.05) is 23.4 Å². The second-order valence-electron chi connectivity index (χ2n) is 9.26. The molecule has 2 aromatic rings. The van der Waals surface area contributed by atoms with Gasteiger partial charge in [-0.2, -0.15) is 0 Å². The Kier molecular flexibility index (Phi) is 5.48. The Balaban J connectivity index is 1.49. The van der Waals surface area contributed by atoms with Gasteiger partial charge in [-0.3, -0.25) is 23.7 Å². The van der Waals surface area contributed by atoms with E-state index < -0.39 is 22.4 Å². The summed E-state index contributed by atoms with van der Waals surface area (Å²) >= 11 is 2.24. The molecule has 0 N–H and O–H groups in total. The lowest BCUT2D eigenvalue weighted by atomic mass is 9.76. The molecule has 2 saturated heterocycles. The zero-order valence-corrected chi connectivity index (χ0v) is 20.0. The number of nitrogens with zero attached hydrogens (tertiary/aromatic N) is 3. The number of likely N-dealkylation sites (tertiary alicyclic amines) is 1. The number of rotatable bonds is 3. The second-order valence-corrected chi connectivity index (χ2v) is 11.3. The quantitative estimate of drug-likeness (QED) is 0.620. The maximum Gasteiger partial charge on any atom is 0.308 e. The van der Waals surface area contributed by atoms with Crippen molar-refractivity contribution in [3.8, 4) is 0 Å². The smallest absolute Gasteiger partial charge is 0.308 e. The highest BCUT2D eigenvalue weighted by Gasteiger charge is 2.59. The van der Waals surface area contributed by atoms with Crippen LogP contribution in [0.25, 0.3) is 0 Å². The molecule has 3 aliphatic rings. The minimum Gasteiger partial charge on any atom is -0.341 e. The number of aromatic nitrogens is 1. The lowest BCUT2D eigenvalue weighted by molar-refractivity contribution is -0.133. The number of piperidine rings is 1. The highest BCUT2D eigenvalue weighted by atomic mass is 32.2. The summed E-state index contributed by atoms with van der Waals surface area (Å²) in [5.41, 5.74) is -0.436. The molecular weight excluding hydrogens is 465 g/mol. The summed E-state index contributed by atoms with van der Waals surface area (Å²) in [5, 5.41) is -0.112. The number of thiazole rings is 1. The van der Waals surface area contributed by atoms with Gasteiger partial charge in [-0.05, 0) is 43.5 Å². The van der Waals surface area contributed by atoms with Gasteiger partial charge in [-0.15, -0.1) is 0 Å². The Morgan fingerprint density at radius 3 is 2.39 bits per heavy atom. The fourth-order valence-corrected chi connectivity index (χ4v) is 8.03. The Hall–Kier alpha value is -2.46. The lowest BCUT2D eigenvalue weighted by Gasteiger charge is -2.36. The molecule has 33 heavy (non-hydrogen) atoms. The molecule has 7 nitrogen and oxygen atoms in total. The van der Waals surface area contributed by atoms with Crippen LogP contribution in [0.2, 0.25) is 0 Å². The molecule has 0 aliphatic carbocycles. The SMILES string of the molecule is CC1(C)c2sc(=O)n(CC(=O)N3CCCCC3)c2S[C@@H]2C(=O)N(c3ccc(F)cc3)C(=O)[C@@H]21. The molecule has 2 atom stereocenters. The lowest BCUT2D eigenvalue weighted by Crippen LogP contribution is -2.42. The van der Waals surface area contributed by atoms with Crippen LogP contribution < -0.4 is 9.77 Å². The zero-order valence-electron chi connectivity index (χ0n) is 18.4. The van der Waals surface area contributed by atoms with Gasteiger partial charge >= 0.3 is 4.87 Å². The van der Waals surface area contributed by atoms with E-state index in [1.807, 2.05) is 13.8 Å². The molecule has 2 fully saturated rings. The number of benzene rings is 1. The number of fused-ring (bicyclic) bond motifs is 2. The van der Waals surface area contributed by atoms with Gasteiger partial charge in [0.15, 0.2) is 0 Å². The summed E-state index contributed by atoms with van der Waals surface area (Å²) in [6, 6.07) is 5.28. The van der Waals surface area contributed by atoms with Crippen LogP contribution in [-0.4, -0.2) is 45.5 Å². The summed E-state index contributed by atoms with van der Waals surface area (Å²) < 4.78 is 14.9. The highest BCUT2D eigenvalue weighted by molar-refractivity contribution is 8.00. The van der Waals surface area contributed by atoms with Crippen molar-refractivity contribution in [1.29, 1.82) is 0 Å². The third-order valence-corrected chi connectivity index (χ3v) is 9.61. The molecule has 3 aliphatic heterocycles. The predicted octanol–water partition coefficient (Wildman–Crippen LogP) is 3.00. The van der Waals surface area contributed by atoms with E-state index in [1.54, 1.807) is 4.90 Å². The Labute approximate surface area is 198 Å². The number of anilines is 1. The summed E-state index contributed by atoms with van der Waals surface area (Å²) in [7, 11) is 0. The monoisotopic (exact) mass is 489 g/mol. The summed E-state index contributed by atoms with van der Waals surface area (Å²) in [5.74, 6) is -1.93. The maximum atomic E-state index is 13.4. The Morgan fingerprint density at radius 2 is 1.73 bits per heavy atom. The molecule has 3 amide bonds. The first-order chi connectivity index (χ1) is 15.7. The fourth-order valence-electron chi connectivity index (χ4n) is 4.99. The van der Waals surface area contributed by atoms with Crippen molar-refractivity contribution in [3.63, 3.8) is 0 Å². The van der Waals surface area contributed by atoms with Crippen LogP contribution in [0.5, 0.6) is 0 Å². The number of imide groups is 1. The van der Waals surface area contributed by atoms with Crippen LogP contribution >= 0.6 is 23.1 Å². The molecule has 174 valence electrons. The Morgan fingerprint density at radius 1 is 1.06 bits per heavy atom. The minimum absolute atomic E-state index is 0.0606. The number of amides is 3. The molecular formula is C23H24FN3O4S2. The van der Waals surface area contributed by atoms with Crippen LogP contribution in [0.4, 0.5) is 10.1 Å². The van der Waals surface area contributed by atoms with Crippen molar-refractivity contribution in [3.05, 3.63) is 44.6 Å². The van der Waals surface area contributed by atoms with Crippen molar-refractivity contribution in [1.82, 2.24) is 9.47 Å². The van der Waals surface area contributed by atoms with Crippen molar-refractivity contribution in [2.45, 2.75) is 55.3 Å². The largest absolute Gasteiger partial charge is 0.341 e. The fraction of sp³-hybridized carbons (Fsp3) is 0.478. The molecule has 0 saturated carbocycles. The highest BCUT2D eigenvalue weighted by Crippen LogP contribution is 2.54. The zero-order chi connectivity index (χ0) is 23.5. The average Bonchev–Trinajstić information content (AvgIpc) is 3.24. The van der Waals surface area contributed by atoms with Crippen molar-refractivity contribution in [2.75, 3.05) is 18.0 Å². The van der Waals surface area contributed by atoms with Crippen LogP contribution in [-0.2, 0) is 26.3 Å². The molecule has 0 radical (unpaired) electrons. The van der Waals surface area contributed by atoms with Gasteiger partial charge in [0.05, 0.1) is 16.6 Å². The second kappa shape index (κ2) is 8.09. The standard InChI is InChI=1S/C23H24FN3O4S2/c1-23(2)16-17(20(30)27(19(16)29)14-8-6-13(24)7-9-14)32-21-18(23)33-22(31)26(21)12-15(28)25-10-4-3-5-11-25/h6-9,16-17H,3-5,10-12H2,1-2H3/t16-,17+/m1/s1. The number of halogens is 1. The van der Waals surface area contributed by atoms with E-state index in [1.165, 1.54) is 40.6 Å². The Bertz CT molecular complexity index is 1200. The summed E-state index contributed by atoms with van der Waals surface area (Å²) in [6.45, 7) is 5.07. The molecule has 0 bridgehead atoms. The predicted molar refractivity (Wildman–Crippen MR) is 124 cm³/mol. The van der Waals surface area contributed by atoms with Crippen molar-refractivity contribution < 1.29 is 18.8 Å². The van der Waals surface area contributed by atoms with E-state index in [-0.39, 0.29) is 29.1 Å². The number of hydrogen-bond acceptors (Lipinski definition) is 6. The number of hydrogen-bond donors (Lipinski definition) is 0. The molecule has 1 aromatic carbocycles. The van der Waals surface area contributed by atoms with Crippen molar-refractivity contribution >= 4 is 46.5 Å². The number of carbonyl (C=O) groups excluding carboxylic acids is 3. The molecule has 5 rings (SSSR count). The topological polar surface area (TPSA) is 79.7 Å². The van der Waals surface area contributed by atoms with E-state index >= 15 is 0 Å². The van der Waals surface area contributed by atoms with E-state index in [9.17, 15) is 23.6 Å². The molecule has 1 aromatic heterocycles. The van der Waals surface area contributed by atoms with Gasteiger partial charge in [0.25, 0.3) is 0 Å². The van der Waals surface area contributed by atoms with Gasteiger partial charge in [0.1, 0.15) is 17.6 Å². The van der Waals surface area contributed by atoms with Gasteiger partial charge in [-0.1, -0.05) is 36.9 Å². The third-order valence-electron chi connectivity index (χ3n) is 6.79. The third kappa shape index (κ3) is 3.54. The number of carbonyl (C=O) groups is 3. The average molecular weight is 490 g/mol. The molecule has 0 unspecified atom stereocenters. The summed E-state index contributed by atoms with van der Waals surface area (Å²) in [4.78, 5) is 55.9. The first kappa shape index (κ1) is 22.3. The van der Waals surface area contributed by atoms with E-state index in [4.69, 9.17) is 0 Å². The van der Waals surface area contributed by atoms with Crippen LogP contribution in [0.15, 0.2) is 34.1 Å². The normalized spacial score (nSPS) is 24.1. The maximum absolute atomic E-state index is 13.4. The first-order valence-corrected chi connectivity index (χ1v) is 12.7. The van der Waals surface area contributed by atoms with E-state index in [2.05, 4.69) is 0 Å². The summed E-state index contributed by atoms with van der Waals surface area (Å²) in [6.07, 6.45) is 3.03.